The molecular formula is C19H31N3O4. The minimum Gasteiger partial charge on any atom is -0.464 e. The number of nitrogens with zero attached hydrogens (tertiary/aromatic N) is 3. The number of likely N-dealkylation sites (N-methyl/N-ethyl adjacent to an activating group) is 1. The van der Waals surface area contributed by atoms with Gasteiger partial charge in [-0.1, -0.05) is 13.8 Å². The predicted molar refractivity (Wildman–Crippen MR) is 101 cm³/mol. The largest absolute Gasteiger partial charge is 0.464 e. The van der Waals surface area contributed by atoms with E-state index in [9.17, 15) is 14.4 Å². The Balaban J connectivity index is 3.17. The Morgan fingerprint density at radius 3 is 2.15 bits per heavy atom. The van der Waals surface area contributed by atoms with Crippen molar-refractivity contribution in [2.24, 2.45) is 13.0 Å². The van der Waals surface area contributed by atoms with Crippen LogP contribution < -0.4 is 0 Å². The quantitative estimate of drug-likeness (QED) is 0.517. The van der Waals surface area contributed by atoms with Crippen molar-refractivity contribution in [2.45, 2.75) is 27.7 Å². The average Bonchev–Trinajstić information content (AvgIpc) is 2.79. The topological polar surface area (TPSA) is 71.9 Å². The molecule has 0 saturated carbocycles. The number of aromatic nitrogens is 1. The molecular weight excluding hydrogens is 334 g/mol. The van der Waals surface area contributed by atoms with Crippen LogP contribution in [0.1, 0.15) is 46.0 Å². The van der Waals surface area contributed by atoms with Crippen molar-refractivity contribution in [3.63, 3.8) is 0 Å². The normalized spacial score (nSPS) is 11.2. The Morgan fingerprint density at radius 1 is 1.12 bits per heavy atom. The van der Waals surface area contributed by atoms with Crippen molar-refractivity contribution < 1.29 is 19.1 Å². The SMILES string of the molecule is COC(=O)c1c(C)c(C(=O)CN(CCN(C)C)C(=O)C(C)C)c(C)n1C. The van der Waals surface area contributed by atoms with E-state index >= 15 is 0 Å². The van der Waals surface area contributed by atoms with Crippen LogP contribution >= 0.6 is 0 Å². The van der Waals surface area contributed by atoms with Gasteiger partial charge in [-0.3, -0.25) is 9.59 Å². The number of hydrogen-bond acceptors (Lipinski definition) is 5. The maximum atomic E-state index is 13.0. The highest BCUT2D eigenvalue weighted by atomic mass is 16.5. The predicted octanol–water partition coefficient (Wildman–Crippen LogP) is 1.66. The van der Waals surface area contributed by atoms with Crippen molar-refractivity contribution in [1.29, 1.82) is 0 Å². The van der Waals surface area contributed by atoms with Crippen LogP contribution in [0.4, 0.5) is 0 Å². The lowest BCUT2D eigenvalue weighted by atomic mass is 10.0. The number of hydrogen-bond donors (Lipinski definition) is 0. The van der Waals surface area contributed by atoms with Crippen LogP contribution in [0.3, 0.4) is 0 Å². The molecule has 0 N–H and O–H groups in total. The first kappa shape index (κ1) is 21.9. The Bertz CT molecular complexity index is 689. The van der Waals surface area contributed by atoms with E-state index in [1.807, 2.05) is 32.8 Å². The van der Waals surface area contributed by atoms with Crippen molar-refractivity contribution in [1.82, 2.24) is 14.4 Å². The molecule has 1 heterocycles. The number of methoxy groups -OCH3 is 1. The molecule has 0 fully saturated rings. The lowest BCUT2D eigenvalue weighted by Gasteiger charge is -2.25. The van der Waals surface area contributed by atoms with Crippen molar-refractivity contribution >= 4 is 17.7 Å². The van der Waals surface area contributed by atoms with Crippen molar-refractivity contribution in [3.05, 3.63) is 22.5 Å². The first-order valence-electron chi connectivity index (χ1n) is 8.73. The second kappa shape index (κ2) is 8.98. The number of amides is 1. The second-order valence-corrected chi connectivity index (χ2v) is 7.13. The summed E-state index contributed by atoms with van der Waals surface area (Å²) in [5.74, 6) is -0.887. The third-order valence-corrected chi connectivity index (χ3v) is 4.55. The van der Waals surface area contributed by atoms with Gasteiger partial charge in [-0.2, -0.15) is 0 Å². The summed E-state index contributed by atoms with van der Waals surface area (Å²) in [6.07, 6.45) is 0. The van der Waals surface area contributed by atoms with Crippen LogP contribution in [0.25, 0.3) is 0 Å². The summed E-state index contributed by atoms with van der Waals surface area (Å²) in [6.45, 7) is 8.32. The number of carbonyl (C=O) groups excluding carboxylic acids is 3. The Labute approximate surface area is 155 Å². The molecule has 0 aromatic carbocycles. The molecule has 7 nitrogen and oxygen atoms in total. The zero-order valence-electron chi connectivity index (χ0n) is 17.2. The fraction of sp³-hybridized carbons (Fsp3) is 0.632. The number of carbonyl (C=O) groups is 3. The van der Waals surface area contributed by atoms with Crippen LogP contribution in [0, 0.1) is 19.8 Å². The van der Waals surface area contributed by atoms with Gasteiger partial charge in [-0.15, -0.1) is 0 Å². The van der Waals surface area contributed by atoms with Gasteiger partial charge < -0.3 is 19.1 Å². The van der Waals surface area contributed by atoms with E-state index in [0.29, 0.717) is 35.6 Å². The van der Waals surface area contributed by atoms with Crippen LogP contribution in [-0.4, -0.2) is 72.9 Å². The molecule has 7 heteroatoms. The molecule has 146 valence electrons. The van der Waals surface area contributed by atoms with E-state index in [1.165, 1.54) is 7.11 Å². The van der Waals surface area contributed by atoms with Gasteiger partial charge in [0.25, 0.3) is 0 Å². The highest BCUT2D eigenvalue weighted by molar-refractivity contribution is 6.04. The van der Waals surface area contributed by atoms with Gasteiger partial charge in [-0.05, 0) is 33.5 Å². The van der Waals surface area contributed by atoms with Gasteiger partial charge >= 0.3 is 5.97 Å². The highest BCUT2D eigenvalue weighted by Gasteiger charge is 2.28. The van der Waals surface area contributed by atoms with Crippen LogP contribution in [0.2, 0.25) is 0 Å². The third kappa shape index (κ3) is 4.72. The monoisotopic (exact) mass is 365 g/mol. The molecule has 26 heavy (non-hydrogen) atoms. The average molecular weight is 365 g/mol. The molecule has 0 aliphatic heterocycles. The Kier molecular flexibility index (Phi) is 7.56. The number of ketones is 1. The molecule has 1 amide bonds. The zero-order valence-corrected chi connectivity index (χ0v) is 17.2. The van der Waals surface area contributed by atoms with E-state index < -0.39 is 5.97 Å². The standard InChI is InChI=1S/C19H31N3O4/c1-12(2)18(24)22(10-9-20(5)6)11-15(23)16-13(3)17(19(25)26-8)21(7)14(16)4/h12H,9-11H2,1-8H3. The number of ether oxygens (including phenoxy) is 1. The second-order valence-electron chi connectivity index (χ2n) is 7.13. The minimum atomic E-state index is -0.477. The molecule has 1 aromatic heterocycles. The summed E-state index contributed by atoms with van der Waals surface area (Å²) < 4.78 is 6.49. The highest BCUT2D eigenvalue weighted by Crippen LogP contribution is 2.23. The summed E-state index contributed by atoms with van der Waals surface area (Å²) in [5.41, 5.74) is 2.13. The zero-order chi connectivity index (χ0) is 20.2. The molecule has 0 bridgehead atoms. The summed E-state index contributed by atoms with van der Waals surface area (Å²) in [7, 11) is 6.90. The van der Waals surface area contributed by atoms with E-state index in [-0.39, 0.29) is 24.2 Å². The van der Waals surface area contributed by atoms with Gasteiger partial charge in [0.05, 0.1) is 13.7 Å². The maximum absolute atomic E-state index is 13.0. The fourth-order valence-corrected chi connectivity index (χ4v) is 2.98. The molecule has 0 radical (unpaired) electrons. The van der Waals surface area contributed by atoms with Gasteiger partial charge in [0.15, 0.2) is 5.78 Å². The van der Waals surface area contributed by atoms with E-state index in [4.69, 9.17) is 4.74 Å². The third-order valence-electron chi connectivity index (χ3n) is 4.55. The van der Waals surface area contributed by atoms with Gasteiger partial charge in [0, 0.05) is 37.3 Å². The summed E-state index contributed by atoms with van der Waals surface area (Å²) in [4.78, 5) is 41.0. The van der Waals surface area contributed by atoms with Crippen molar-refractivity contribution in [3.8, 4) is 0 Å². The fourth-order valence-electron chi connectivity index (χ4n) is 2.98. The Morgan fingerprint density at radius 2 is 1.69 bits per heavy atom. The van der Waals surface area contributed by atoms with Crippen LogP contribution in [-0.2, 0) is 16.6 Å². The lowest BCUT2D eigenvalue weighted by Crippen LogP contribution is -2.42. The van der Waals surface area contributed by atoms with Gasteiger partial charge in [0.2, 0.25) is 5.91 Å². The van der Waals surface area contributed by atoms with E-state index in [1.54, 1.807) is 30.4 Å². The molecule has 0 aliphatic carbocycles. The van der Waals surface area contributed by atoms with Crippen molar-refractivity contribution in [2.75, 3.05) is 40.8 Å². The molecule has 0 unspecified atom stereocenters. The number of rotatable bonds is 8. The van der Waals surface area contributed by atoms with Crippen LogP contribution in [0.5, 0.6) is 0 Å². The lowest BCUT2D eigenvalue weighted by molar-refractivity contribution is -0.134. The van der Waals surface area contributed by atoms with E-state index in [0.717, 1.165) is 0 Å². The smallest absolute Gasteiger partial charge is 0.354 e. The molecule has 1 rings (SSSR count). The molecule has 0 aliphatic rings. The first-order chi connectivity index (χ1) is 12.0. The first-order valence-corrected chi connectivity index (χ1v) is 8.73. The summed E-state index contributed by atoms with van der Waals surface area (Å²) in [6, 6.07) is 0. The molecule has 0 atom stereocenters. The number of Topliss-reactive ketones (excluding diaryl/α,β-unsaturated/α-hetero) is 1. The van der Waals surface area contributed by atoms with E-state index in [2.05, 4.69) is 0 Å². The summed E-state index contributed by atoms with van der Waals surface area (Å²) in [5, 5.41) is 0. The van der Waals surface area contributed by atoms with Gasteiger partial charge in [0.1, 0.15) is 5.69 Å². The molecule has 0 spiro atoms. The minimum absolute atomic E-state index is 0.00282. The summed E-state index contributed by atoms with van der Waals surface area (Å²) >= 11 is 0. The Hall–Kier alpha value is -2.15. The van der Waals surface area contributed by atoms with Gasteiger partial charge in [-0.25, -0.2) is 4.79 Å². The van der Waals surface area contributed by atoms with Crippen LogP contribution in [0.15, 0.2) is 0 Å². The maximum Gasteiger partial charge on any atom is 0.354 e. The molecule has 1 aromatic rings. The molecule has 0 saturated heterocycles. The number of esters is 1.